The molecule has 25 heavy (non-hydrogen) atoms. The standard InChI is InChI=1S/C17H18F2N2O4/c18-13-2-1-3-14(19)12(13)7-11-6-10(15-8-16(22)20-25-15)4-5-21(11)9-17(23)24/h1-3,8,10-11H,4-7,9H2,(H,20,22)(H,23,24). The number of hydrogen-bond donors (Lipinski definition) is 2. The van der Waals surface area contributed by atoms with E-state index in [-0.39, 0.29) is 36.0 Å². The Morgan fingerprint density at radius 2 is 2.08 bits per heavy atom. The maximum absolute atomic E-state index is 14.0. The van der Waals surface area contributed by atoms with Gasteiger partial charge >= 0.3 is 5.97 Å². The van der Waals surface area contributed by atoms with E-state index < -0.39 is 17.6 Å². The average molecular weight is 352 g/mol. The van der Waals surface area contributed by atoms with E-state index >= 15 is 0 Å². The molecule has 134 valence electrons. The lowest BCUT2D eigenvalue weighted by molar-refractivity contribution is -0.139. The van der Waals surface area contributed by atoms with E-state index in [0.29, 0.717) is 25.1 Å². The summed E-state index contributed by atoms with van der Waals surface area (Å²) in [7, 11) is 0. The maximum atomic E-state index is 14.0. The summed E-state index contributed by atoms with van der Waals surface area (Å²) in [4.78, 5) is 24.1. The number of benzene rings is 1. The average Bonchev–Trinajstić information content (AvgIpc) is 2.98. The third-order valence-electron chi connectivity index (χ3n) is 4.62. The predicted octanol–water partition coefficient (Wildman–Crippen LogP) is 2.12. The highest BCUT2D eigenvalue weighted by atomic mass is 19.1. The molecule has 0 bridgehead atoms. The van der Waals surface area contributed by atoms with Crippen LogP contribution in [0.2, 0.25) is 0 Å². The predicted molar refractivity (Wildman–Crippen MR) is 84.4 cm³/mol. The van der Waals surface area contributed by atoms with Gasteiger partial charge in [-0.3, -0.25) is 14.5 Å². The molecule has 1 fully saturated rings. The van der Waals surface area contributed by atoms with Crippen LogP contribution in [0.25, 0.3) is 0 Å². The fourth-order valence-corrected chi connectivity index (χ4v) is 3.41. The van der Waals surface area contributed by atoms with Crippen LogP contribution in [0.1, 0.15) is 30.1 Å². The quantitative estimate of drug-likeness (QED) is 0.861. The molecule has 2 unspecified atom stereocenters. The molecule has 0 radical (unpaired) electrons. The number of hydrogen-bond acceptors (Lipinski definition) is 4. The lowest BCUT2D eigenvalue weighted by Crippen LogP contribution is -2.45. The Bertz CT molecular complexity index is 797. The zero-order chi connectivity index (χ0) is 18.0. The second kappa shape index (κ2) is 7.18. The first-order valence-corrected chi connectivity index (χ1v) is 8.01. The van der Waals surface area contributed by atoms with Gasteiger partial charge in [0.15, 0.2) is 0 Å². The Balaban J connectivity index is 1.84. The Morgan fingerprint density at radius 1 is 1.36 bits per heavy atom. The molecule has 1 saturated heterocycles. The number of aromatic amines is 1. The van der Waals surface area contributed by atoms with Crippen molar-refractivity contribution in [2.75, 3.05) is 13.1 Å². The molecular formula is C17H18F2N2O4. The van der Waals surface area contributed by atoms with Gasteiger partial charge in [-0.15, -0.1) is 0 Å². The largest absolute Gasteiger partial charge is 0.480 e. The van der Waals surface area contributed by atoms with Crippen molar-refractivity contribution >= 4 is 5.97 Å². The van der Waals surface area contributed by atoms with E-state index in [2.05, 4.69) is 5.16 Å². The molecule has 2 aromatic rings. The lowest BCUT2D eigenvalue weighted by atomic mass is 9.86. The van der Waals surface area contributed by atoms with Gasteiger partial charge in [0, 0.05) is 23.6 Å². The Hall–Kier alpha value is -2.48. The molecule has 1 aromatic heterocycles. The third-order valence-corrected chi connectivity index (χ3v) is 4.62. The van der Waals surface area contributed by atoms with Crippen LogP contribution in [0, 0.1) is 11.6 Å². The number of carboxylic acids is 1. The van der Waals surface area contributed by atoms with Crippen molar-refractivity contribution < 1.29 is 23.2 Å². The Labute approximate surface area is 142 Å². The highest BCUT2D eigenvalue weighted by molar-refractivity contribution is 5.69. The molecule has 6 nitrogen and oxygen atoms in total. The second-order valence-corrected chi connectivity index (χ2v) is 6.26. The number of aliphatic carboxylic acids is 1. The fraction of sp³-hybridized carbons (Fsp3) is 0.412. The molecule has 0 saturated carbocycles. The minimum absolute atomic E-state index is 0.0525. The number of rotatable bonds is 5. The molecule has 0 spiro atoms. The topological polar surface area (TPSA) is 86.5 Å². The molecule has 2 N–H and O–H groups in total. The van der Waals surface area contributed by atoms with E-state index in [1.165, 1.54) is 24.3 Å². The molecule has 3 rings (SSSR count). The van der Waals surface area contributed by atoms with Gasteiger partial charge in [-0.2, -0.15) is 5.16 Å². The summed E-state index contributed by atoms with van der Waals surface area (Å²) in [5, 5.41) is 11.3. The minimum Gasteiger partial charge on any atom is -0.480 e. The first-order valence-electron chi connectivity index (χ1n) is 8.01. The number of halogens is 2. The molecule has 1 aromatic carbocycles. The highest BCUT2D eigenvalue weighted by Crippen LogP contribution is 2.33. The number of nitrogens with zero attached hydrogens (tertiary/aromatic N) is 1. The van der Waals surface area contributed by atoms with Crippen molar-refractivity contribution in [1.82, 2.24) is 10.1 Å². The summed E-state index contributed by atoms with van der Waals surface area (Å²) in [6, 6.07) is 4.65. The van der Waals surface area contributed by atoms with Crippen LogP contribution in [0.5, 0.6) is 0 Å². The van der Waals surface area contributed by atoms with Crippen LogP contribution in [0.4, 0.5) is 8.78 Å². The summed E-state index contributed by atoms with van der Waals surface area (Å²) >= 11 is 0. The Kier molecular flexibility index (Phi) is 4.98. The van der Waals surface area contributed by atoms with Crippen LogP contribution in [0.15, 0.2) is 33.6 Å². The zero-order valence-electron chi connectivity index (χ0n) is 13.4. The number of nitrogens with one attached hydrogen (secondary N) is 1. The van der Waals surface area contributed by atoms with Crippen LogP contribution in [0.3, 0.4) is 0 Å². The third kappa shape index (κ3) is 3.96. The number of likely N-dealkylation sites (tertiary alicyclic amines) is 1. The number of carboxylic acid groups (broad SMARTS) is 1. The molecule has 0 amide bonds. The van der Waals surface area contributed by atoms with Crippen molar-refractivity contribution in [2.45, 2.75) is 31.2 Å². The van der Waals surface area contributed by atoms with Gasteiger partial charge in [-0.25, -0.2) is 8.78 Å². The summed E-state index contributed by atoms with van der Waals surface area (Å²) in [6.07, 6.45) is 1.10. The lowest BCUT2D eigenvalue weighted by Gasteiger charge is -2.38. The highest BCUT2D eigenvalue weighted by Gasteiger charge is 2.33. The molecule has 1 aliphatic heterocycles. The van der Waals surface area contributed by atoms with Crippen LogP contribution in [-0.2, 0) is 11.2 Å². The van der Waals surface area contributed by atoms with Crippen molar-refractivity contribution in [2.24, 2.45) is 0 Å². The minimum atomic E-state index is -0.995. The number of carbonyl (C=O) groups is 1. The summed E-state index contributed by atoms with van der Waals surface area (Å²) in [5.41, 5.74) is -0.404. The normalized spacial score (nSPS) is 21.4. The van der Waals surface area contributed by atoms with E-state index in [0.717, 1.165) is 0 Å². The van der Waals surface area contributed by atoms with Gasteiger partial charge in [0.1, 0.15) is 17.4 Å². The Morgan fingerprint density at radius 3 is 2.68 bits per heavy atom. The van der Waals surface area contributed by atoms with Gasteiger partial charge in [0.2, 0.25) is 0 Å². The van der Waals surface area contributed by atoms with Crippen molar-refractivity contribution in [3.05, 3.63) is 57.6 Å². The van der Waals surface area contributed by atoms with Crippen LogP contribution in [-0.4, -0.2) is 40.3 Å². The van der Waals surface area contributed by atoms with Crippen LogP contribution >= 0.6 is 0 Å². The SMILES string of the molecule is O=C(O)CN1CCC(c2cc(=O)[nH]o2)CC1Cc1c(F)cccc1F. The van der Waals surface area contributed by atoms with Crippen molar-refractivity contribution in [3.8, 4) is 0 Å². The smallest absolute Gasteiger partial charge is 0.317 e. The summed E-state index contributed by atoms with van der Waals surface area (Å²) < 4.78 is 33.1. The van der Waals surface area contributed by atoms with Gasteiger partial charge in [-0.05, 0) is 37.9 Å². The molecule has 2 atom stereocenters. The first kappa shape index (κ1) is 17.3. The molecule has 2 heterocycles. The van der Waals surface area contributed by atoms with Gasteiger partial charge in [-0.1, -0.05) is 6.07 Å². The van der Waals surface area contributed by atoms with Crippen LogP contribution < -0.4 is 5.56 Å². The maximum Gasteiger partial charge on any atom is 0.317 e. The van der Waals surface area contributed by atoms with E-state index in [9.17, 15) is 18.4 Å². The number of aromatic nitrogens is 1. The van der Waals surface area contributed by atoms with Crippen molar-refractivity contribution in [1.29, 1.82) is 0 Å². The van der Waals surface area contributed by atoms with E-state index in [4.69, 9.17) is 9.63 Å². The zero-order valence-corrected chi connectivity index (χ0v) is 13.4. The van der Waals surface area contributed by atoms with Crippen molar-refractivity contribution in [3.63, 3.8) is 0 Å². The van der Waals surface area contributed by atoms with Gasteiger partial charge in [0.05, 0.1) is 6.54 Å². The molecular weight excluding hydrogens is 334 g/mol. The monoisotopic (exact) mass is 352 g/mol. The summed E-state index contributed by atoms with van der Waals surface area (Å²) in [6.45, 7) is 0.233. The second-order valence-electron chi connectivity index (χ2n) is 6.26. The number of piperidine rings is 1. The molecule has 0 aliphatic carbocycles. The fourth-order valence-electron chi connectivity index (χ4n) is 3.41. The van der Waals surface area contributed by atoms with Gasteiger partial charge < -0.3 is 9.63 Å². The van der Waals surface area contributed by atoms with E-state index in [1.807, 2.05) is 0 Å². The molecule has 1 aliphatic rings. The summed E-state index contributed by atoms with van der Waals surface area (Å²) in [5.74, 6) is -1.91. The van der Waals surface area contributed by atoms with E-state index in [1.54, 1.807) is 4.90 Å². The first-order chi connectivity index (χ1) is 11.9. The number of H-pyrrole nitrogens is 1. The van der Waals surface area contributed by atoms with Gasteiger partial charge in [0.25, 0.3) is 5.56 Å². The molecule has 8 heteroatoms.